The van der Waals surface area contributed by atoms with Crippen LogP contribution in [0.15, 0.2) is 12.1 Å². The largest absolute Gasteiger partial charge is 0.368 e. The number of aryl methyl sites for hydroxylation is 1. The Balaban J connectivity index is 2.53. The van der Waals surface area contributed by atoms with Crippen molar-refractivity contribution in [3.63, 3.8) is 0 Å². The van der Waals surface area contributed by atoms with Gasteiger partial charge in [-0.3, -0.25) is 0 Å². The number of aromatic nitrogens is 1. The maximum Gasteiger partial charge on any atom is 0.144 e. The summed E-state index contributed by atoms with van der Waals surface area (Å²) in [7, 11) is 0. The normalized spacial score (nSPS) is 10.2. The summed E-state index contributed by atoms with van der Waals surface area (Å²) in [5.74, 6) is 0.674. The van der Waals surface area contributed by atoms with Crippen molar-refractivity contribution in [2.75, 3.05) is 18.4 Å². The molecule has 0 spiro atoms. The molecule has 1 heterocycles. The summed E-state index contributed by atoms with van der Waals surface area (Å²) >= 11 is 0. The van der Waals surface area contributed by atoms with Crippen molar-refractivity contribution < 1.29 is 0 Å². The van der Waals surface area contributed by atoms with Crippen molar-refractivity contribution in [3.05, 3.63) is 23.4 Å². The van der Waals surface area contributed by atoms with Gasteiger partial charge < -0.3 is 10.6 Å². The van der Waals surface area contributed by atoms with Crippen LogP contribution in [0.4, 0.5) is 5.82 Å². The molecule has 4 nitrogen and oxygen atoms in total. The first-order valence-electron chi connectivity index (χ1n) is 5.48. The van der Waals surface area contributed by atoms with Crippen molar-refractivity contribution >= 4 is 5.82 Å². The average molecular weight is 218 g/mol. The van der Waals surface area contributed by atoms with Gasteiger partial charge in [0.05, 0.1) is 5.56 Å². The monoisotopic (exact) mass is 218 g/mol. The standard InChI is InChI=1S/C12H18N4/c1-9(2)14-6-7-15-12-11(8-13)5-4-10(3)16-12/h4-5,9,14H,6-7H2,1-3H3,(H,15,16). The van der Waals surface area contributed by atoms with Gasteiger partial charge in [-0.2, -0.15) is 5.26 Å². The molecule has 4 heteroatoms. The lowest BCUT2D eigenvalue weighted by Gasteiger charge is -2.10. The Hall–Kier alpha value is -1.60. The molecular weight excluding hydrogens is 200 g/mol. The molecule has 0 amide bonds. The average Bonchev–Trinajstić information content (AvgIpc) is 2.24. The fourth-order valence-electron chi connectivity index (χ4n) is 1.32. The second-order valence-electron chi connectivity index (χ2n) is 4.00. The van der Waals surface area contributed by atoms with E-state index in [2.05, 4.69) is 35.5 Å². The van der Waals surface area contributed by atoms with Crippen LogP contribution >= 0.6 is 0 Å². The third kappa shape index (κ3) is 3.87. The summed E-state index contributed by atoms with van der Waals surface area (Å²) in [6, 6.07) is 6.24. The molecule has 0 saturated heterocycles. The maximum atomic E-state index is 8.91. The van der Waals surface area contributed by atoms with E-state index < -0.39 is 0 Å². The number of nitriles is 1. The summed E-state index contributed by atoms with van der Waals surface area (Å²) in [5, 5.41) is 15.4. The second-order valence-corrected chi connectivity index (χ2v) is 4.00. The zero-order valence-electron chi connectivity index (χ0n) is 10.0. The molecule has 16 heavy (non-hydrogen) atoms. The molecule has 0 atom stereocenters. The Morgan fingerprint density at radius 3 is 2.75 bits per heavy atom. The molecule has 0 aliphatic rings. The van der Waals surface area contributed by atoms with E-state index in [4.69, 9.17) is 5.26 Å². The Bertz CT molecular complexity index is 379. The summed E-state index contributed by atoms with van der Waals surface area (Å²) in [5.41, 5.74) is 1.51. The molecule has 0 saturated carbocycles. The highest BCUT2D eigenvalue weighted by Crippen LogP contribution is 2.11. The molecule has 1 rings (SSSR count). The fourth-order valence-corrected chi connectivity index (χ4v) is 1.32. The molecule has 1 aromatic rings. The van der Waals surface area contributed by atoms with Crippen LogP contribution in [0.3, 0.4) is 0 Å². The number of hydrogen-bond acceptors (Lipinski definition) is 4. The highest BCUT2D eigenvalue weighted by atomic mass is 15.0. The molecule has 2 N–H and O–H groups in total. The van der Waals surface area contributed by atoms with E-state index in [9.17, 15) is 0 Å². The zero-order valence-corrected chi connectivity index (χ0v) is 10.0. The minimum atomic E-state index is 0.475. The molecule has 0 bridgehead atoms. The number of nitrogens with one attached hydrogen (secondary N) is 2. The van der Waals surface area contributed by atoms with E-state index in [0.717, 1.165) is 18.8 Å². The molecule has 0 fully saturated rings. The molecule has 1 aromatic heterocycles. The maximum absolute atomic E-state index is 8.91. The molecule has 0 aliphatic carbocycles. The van der Waals surface area contributed by atoms with E-state index in [1.54, 1.807) is 6.07 Å². The summed E-state index contributed by atoms with van der Waals surface area (Å²) in [4.78, 5) is 4.30. The van der Waals surface area contributed by atoms with E-state index in [0.29, 0.717) is 17.4 Å². The quantitative estimate of drug-likeness (QED) is 0.738. The number of anilines is 1. The lowest BCUT2D eigenvalue weighted by atomic mass is 10.2. The molecule has 0 unspecified atom stereocenters. The first kappa shape index (κ1) is 12.5. The smallest absolute Gasteiger partial charge is 0.144 e. The minimum Gasteiger partial charge on any atom is -0.368 e. The van der Waals surface area contributed by atoms with Crippen LogP contribution < -0.4 is 10.6 Å². The van der Waals surface area contributed by atoms with Crippen molar-refractivity contribution in [3.8, 4) is 6.07 Å². The van der Waals surface area contributed by atoms with E-state index >= 15 is 0 Å². The van der Waals surface area contributed by atoms with Crippen LogP contribution in [-0.4, -0.2) is 24.1 Å². The van der Waals surface area contributed by atoms with Gasteiger partial charge in [0, 0.05) is 24.8 Å². The van der Waals surface area contributed by atoms with Crippen molar-refractivity contribution in [2.45, 2.75) is 26.8 Å². The van der Waals surface area contributed by atoms with E-state index in [-0.39, 0.29) is 0 Å². The predicted octanol–water partition coefficient (Wildman–Crippen LogP) is 1.67. The third-order valence-corrected chi connectivity index (χ3v) is 2.12. The van der Waals surface area contributed by atoms with Gasteiger partial charge >= 0.3 is 0 Å². The Morgan fingerprint density at radius 2 is 2.12 bits per heavy atom. The summed E-state index contributed by atoms with van der Waals surface area (Å²) in [6.07, 6.45) is 0. The van der Waals surface area contributed by atoms with Gasteiger partial charge in [-0.15, -0.1) is 0 Å². The topological polar surface area (TPSA) is 60.7 Å². The lowest BCUT2D eigenvalue weighted by Crippen LogP contribution is -2.28. The van der Waals surface area contributed by atoms with E-state index in [1.807, 2.05) is 13.0 Å². The summed E-state index contributed by atoms with van der Waals surface area (Å²) in [6.45, 7) is 7.75. The highest BCUT2D eigenvalue weighted by Gasteiger charge is 2.02. The molecule has 0 aliphatic heterocycles. The SMILES string of the molecule is Cc1ccc(C#N)c(NCCNC(C)C)n1. The Kier molecular flexibility index (Phi) is 4.74. The predicted molar refractivity (Wildman–Crippen MR) is 65.3 cm³/mol. The van der Waals surface area contributed by atoms with Gasteiger partial charge in [-0.05, 0) is 19.1 Å². The molecule has 0 radical (unpaired) electrons. The summed E-state index contributed by atoms with van der Waals surface area (Å²) < 4.78 is 0. The van der Waals surface area contributed by atoms with Crippen LogP contribution in [0.25, 0.3) is 0 Å². The number of pyridine rings is 1. The van der Waals surface area contributed by atoms with Crippen LogP contribution in [0, 0.1) is 18.3 Å². The third-order valence-electron chi connectivity index (χ3n) is 2.12. The van der Waals surface area contributed by atoms with Crippen LogP contribution in [0.2, 0.25) is 0 Å². The zero-order chi connectivity index (χ0) is 12.0. The highest BCUT2D eigenvalue weighted by molar-refractivity contribution is 5.52. The Labute approximate surface area is 96.7 Å². The molecule has 0 aromatic carbocycles. The molecular formula is C12H18N4. The second kappa shape index (κ2) is 6.09. The first-order chi connectivity index (χ1) is 7.63. The number of rotatable bonds is 5. The fraction of sp³-hybridized carbons (Fsp3) is 0.500. The van der Waals surface area contributed by atoms with Crippen molar-refractivity contribution in [1.82, 2.24) is 10.3 Å². The molecule has 86 valence electrons. The number of nitrogens with zero attached hydrogens (tertiary/aromatic N) is 2. The lowest BCUT2D eigenvalue weighted by molar-refractivity contribution is 0.602. The number of hydrogen-bond donors (Lipinski definition) is 2. The minimum absolute atomic E-state index is 0.475. The van der Waals surface area contributed by atoms with Gasteiger partial charge in [0.2, 0.25) is 0 Å². The van der Waals surface area contributed by atoms with E-state index in [1.165, 1.54) is 0 Å². The van der Waals surface area contributed by atoms with Crippen LogP contribution in [0.1, 0.15) is 25.1 Å². The van der Waals surface area contributed by atoms with Gasteiger partial charge in [-0.25, -0.2) is 4.98 Å². The van der Waals surface area contributed by atoms with Crippen LogP contribution in [0.5, 0.6) is 0 Å². The first-order valence-corrected chi connectivity index (χ1v) is 5.48. The van der Waals surface area contributed by atoms with Gasteiger partial charge in [0.15, 0.2) is 0 Å². The van der Waals surface area contributed by atoms with Crippen molar-refractivity contribution in [2.24, 2.45) is 0 Å². The van der Waals surface area contributed by atoms with Gasteiger partial charge in [0.25, 0.3) is 0 Å². The van der Waals surface area contributed by atoms with Crippen molar-refractivity contribution in [1.29, 1.82) is 5.26 Å². The van der Waals surface area contributed by atoms with Gasteiger partial charge in [-0.1, -0.05) is 13.8 Å². The van der Waals surface area contributed by atoms with Gasteiger partial charge in [0.1, 0.15) is 11.9 Å². The van der Waals surface area contributed by atoms with Crippen LogP contribution in [-0.2, 0) is 0 Å². The Morgan fingerprint density at radius 1 is 1.38 bits per heavy atom.